The van der Waals surface area contributed by atoms with Crippen LogP contribution in [-0.4, -0.2) is 49.7 Å². The Morgan fingerprint density at radius 3 is 2.54 bits per heavy atom. The second kappa shape index (κ2) is 7.77. The number of hydrogen-bond donors (Lipinski definition) is 1. The van der Waals surface area contributed by atoms with E-state index in [1.807, 2.05) is 36.4 Å². The van der Waals surface area contributed by atoms with Crippen LogP contribution in [0, 0.1) is 5.92 Å². The smallest absolute Gasteiger partial charge is 0.251 e. The van der Waals surface area contributed by atoms with Crippen molar-refractivity contribution in [1.29, 1.82) is 0 Å². The van der Waals surface area contributed by atoms with Gasteiger partial charge in [-0.3, -0.25) is 9.69 Å². The molecule has 0 aliphatic carbocycles. The van der Waals surface area contributed by atoms with Crippen molar-refractivity contribution in [1.82, 2.24) is 10.2 Å². The third-order valence-corrected chi connectivity index (χ3v) is 4.77. The van der Waals surface area contributed by atoms with Crippen molar-refractivity contribution >= 4 is 16.7 Å². The average molecular weight is 326 g/mol. The largest absolute Gasteiger partial charge is 0.379 e. The van der Waals surface area contributed by atoms with Crippen LogP contribution < -0.4 is 5.32 Å². The van der Waals surface area contributed by atoms with Crippen LogP contribution in [0.4, 0.5) is 0 Å². The first kappa shape index (κ1) is 16.9. The zero-order valence-electron chi connectivity index (χ0n) is 14.5. The van der Waals surface area contributed by atoms with E-state index in [0.29, 0.717) is 18.5 Å². The van der Waals surface area contributed by atoms with E-state index in [0.717, 1.165) is 42.6 Å². The molecule has 1 aliphatic rings. The van der Waals surface area contributed by atoms with Gasteiger partial charge in [-0.15, -0.1) is 0 Å². The highest BCUT2D eigenvalue weighted by Crippen LogP contribution is 2.16. The number of benzene rings is 2. The van der Waals surface area contributed by atoms with Crippen LogP contribution in [0.1, 0.15) is 24.2 Å². The minimum Gasteiger partial charge on any atom is -0.379 e. The SMILES string of the molecule is CC(C)[C@H](CNC(=O)c1ccc2ccccc2c1)N1CCOCC1. The molecule has 2 aromatic rings. The van der Waals surface area contributed by atoms with Crippen molar-refractivity contribution in [2.75, 3.05) is 32.8 Å². The lowest BCUT2D eigenvalue weighted by atomic mass is 10.0. The van der Waals surface area contributed by atoms with Gasteiger partial charge in [0.15, 0.2) is 0 Å². The Morgan fingerprint density at radius 1 is 1.12 bits per heavy atom. The molecule has 2 aromatic carbocycles. The molecule has 1 atom stereocenters. The molecule has 24 heavy (non-hydrogen) atoms. The maximum absolute atomic E-state index is 12.5. The highest BCUT2D eigenvalue weighted by molar-refractivity contribution is 5.98. The normalized spacial score (nSPS) is 17.1. The van der Waals surface area contributed by atoms with Crippen LogP contribution in [0.25, 0.3) is 10.8 Å². The maximum Gasteiger partial charge on any atom is 0.251 e. The summed E-state index contributed by atoms with van der Waals surface area (Å²) in [6, 6.07) is 14.3. The molecule has 3 rings (SSSR count). The van der Waals surface area contributed by atoms with Gasteiger partial charge < -0.3 is 10.1 Å². The summed E-state index contributed by atoms with van der Waals surface area (Å²) in [6.45, 7) is 8.53. The van der Waals surface area contributed by atoms with Gasteiger partial charge in [-0.25, -0.2) is 0 Å². The van der Waals surface area contributed by atoms with Crippen molar-refractivity contribution in [3.05, 3.63) is 48.0 Å². The third-order valence-electron chi connectivity index (χ3n) is 4.77. The first-order chi connectivity index (χ1) is 11.6. The lowest BCUT2D eigenvalue weighted by Crippen LogP contribution is -2.51. The standard InChI is InChI=1S/C20H26N2O2/c1-15(2)19(22-9-11-24-12-10-22)14-21-20(23)18-8-7-16-5-3-4-6-17(16)13-18/h3-8,13,15,19H,9-12,14H2,1-2H3,(H,21,23)/t19-/m0/s1. The molecule has 128 valence electrons. The monoisotopic (exact) mass is 326 g/mol. The predicted octanol–water partition coefficient (Wildman–Crippen LogP) is 2.93. The van der Waals surface area contributed by atoms with Gasteiger partial charge in [-0.1, -0.05) is 44.2 Å². The Labute approximate surface area is 143 Å². The molecule has 4 heteroatoms. The third kappa shape index (κ3) is 3.94. The number of rotatable bonds is 5. The number of nitrogens with one attached hydrogen (secondary N) is 1. The summed E-state index contributed by atoms with van der Waals surface area (Å²) in [5.41, 5.74) is 0.721. The van der Waals surface area contributed by atoms with Crippen LogP contribution in [-0.2, 0) is 4.74 Å². The number of carbonyl (C=O) groups excluding carboxylic acids is 1. The average Bonchev–Trinajstić information content (AvgIpc) is 2.62. The quantitative estimate of drug-likeness (QED) is 0.918. The summed E-state index contributed by atoms with van der Waals surface area (Å²) < 4.78 is 5.44. The summed E-state index contributed by atoms with van der Waals surface area (Å²) in [5.74, 6) is 0.486. The molecular weight excluding hydrogens is 300 g/mol. The molecule has 1 saturated heterocycles. The van der Waals surface area contributed by atoms with E-state index in [-0.39, 0.29) is 5.91 Å². The molecule has 1 N–H and O–H groups in total. The van der Waals surface area contributed by atoms with Gasteiger partial charge in [0.05, 0.1) is 13.2 Å². The molecular formula is C20H26N2O2. The molecule has 1 heterocycles. The number of amides is 1. The molecule has 0 aromatic heterocycles. The minimum atomic E-state index is -0.000313. The van der Waals surface area contributed by atoms with Crippen molar-refractivity contribution in [2.24, 2.45) is 5.92 Å². The summed E-state index contributed by atoms with van der Waals surface area (Å²) in [5, 5.41) is 5.37. The van der Waals surface area contributed by atoms with Gasteiger partial charge in [-0.05, 0) is 28.8 Å². The first-order valence-electron chi connectivity index (χ1n) is 8.74. The minimum absolute atomic E-state index is 0.000313. The fraction of sp³-hybridized carbons (Fsp3) is 0.450. The van der Waals surface area contributed by atoms with Crippen molar-refractivity contribution in [2.45, 2.75) is 19.9 Å². The van der Waals surface area contributed by atoms with Gasteiger partial charge in [0.2, 0.25) is 0 Å². The predicted molar refractivity (Wildman–Crippen MR) is 97.3 cm³/mol. The molecule has 1 amide bonds. The molecule has 0 saturated carbocycles. The molecule has 0 bridgehead atoms. The zero-order chi connectivity index (χ0) is 16.9. The Bertz CT molecular complexity index is 693. The fourth-order valence-corrected chi connectivity index (χ4v) is 3.33. The van der Waals surface area contributed by atoms with Gasteiger partial charge >= 0.3 is 0 Å². The van der Waals surface area contributed by atoms with E-state index in [9.17, 15) is 4.79 Å². The number of carbonyl (C=O) groups is 1. The van der Waals surface area contributed by atoms with E-state index < -0.39 is 0 Å². The highest BCUT2D eigenvalue weighted by atomic mass is 16.5. The zero-order valence-corrected chi connectivity index (χ0v) is 14.5. The van der Waals surface area contributed by atoms with E-state index in [2.05, 4.69) is 30.1 Å². The summed E-state index contributed by atoms with van der Waals surface area (Å²) in [4.78, 5) is 15.0. The number of hydrogen-bond acceptors (Lipinski definition) is 3. The topological polar surface area (TPSA) is 41.6 Å². The number of morpholine rings is 1. The van der Waals surface area contributed by atoms with Crippen LogP contribution in [0.3, 0.4) is 0 Å². The maximum atomic E-state index is 12.5. The summed E-state index contributed by atoms with van der Waals surface area (Å²) >= 11 is 0. The molecule has 0 spiro atoms. The van der Waals surface area contributed by atoms with Crippen LogP contribution >= 0.6 is 0 Å². The second-order valence-electron chi connectivity index (χ2n) is 6.73. The second-order valence-corrected chi connectivity index (χ2v) is 6.73. The molecule has 1 fully saturated rings. The Balaban J connectivity index is 1.65. The van der Waals surface area contributed by atoms with Crippen molar-refractivity contribution in [3.63, 3.8) is 0 Å². The molecule has 0 radical (unpaired) electrons. The molecule has 1 aliphatic heterocycles. The highest BCUT2D eigenvalue weighted by Gasteiger charge is 2.24. The van der Waals surface area contributed by atoms with Gasteiger partial charge in [-0.2, -0.15) is 0 Å². The summed E-state index contributed by atoms with van der Waals surface area (Å²) in [6.07, 6.45) is 0. The number of nitrogens with zero attached hydrogens (tertiary/aromatic N) is 1. The van der Waals surface area contributed by atoms with E-state index >= 15 is 0 Å². The number of fused-ring (bicyclic) bond motifs is 1. The first-order valence-corrected chi connectivity index (χ1v) is 8.74. The lowest BCUT2D eigenvalue weighted by molar-refractivity contribution is 0.00673. The fourth-order valence-electron chi connectivity index (χ4n) is 3.33. The van der Waals surface area contributed by atoms with E-state index in [4.69, 9.17) is 4.74 Å². The molecule has 0 unspecified atom stereocenters. The van der Waals surface area contributed by atoms with Gasteiger partial charge in [0, 0.05) is 31.2 Å². The Morgan fingerprint density at radius 2 is 1.83 bits per heavy atom. The van der Waals surface area contributed by atoms with Crippen LogP contribution in [0.2, 0.25) is 0 Å². The number of ether oxygens (including phenoxy) is 1. The van der Waals surface area contributed by atoms with Gasteiger partial charge in [0.1, 0.15) is 0 Å². The van der Waals surface area contributed by atoms with E-state index in [1.165, 1.54) is 0 Å². The van der Waals surface area contributed by atoms with Crippen molar-refractivity contribution in [3.8, 4) is 0 Å². The Kier molecular flexibility index (Phi) is 5.48. The summed E-state index contributed by atoms with van der Waals surface area (Å²) in [7, 11) is 0. The van der Waals surface area contributed by atoms with Crippen LogP contribution in [0.15, 0.2) is 42.5 Å². The molecule has 4 nitrogen and oxygen atoms in total. The lowest BCUT2D eigenvalue weighted by Gasteiger charge is -2.36. The Hall–Kier alpha value is -1.91. The van der Waals surface area contributed by atoms with E-state index in [1.54, 1.807) is 0 Å². The van der Waals surface area contributed by atoms with Gasteiger partial charge in [0.25, 0.3) is 5.91 Å². The van der Waals surface area contributed by atoms with Crippen LogP contribution in [0.5, 0.6) is 0 Å². The van der Waals surface area contributed by atoms with Crippen molar-refractivity contribution < 1.29 is 9.53 Å².